The Kier molecular flexibility index (Phi) is 65.5. The second kappa shape index (κ2) is 66.9. The van der Waals surface area contributed by atoms with E-state index in [1.165, 1.54) is 205 Å². The third-order valence-electron chi connectivity index (χ3n) is 18.2. The van der Waals surface area contributed by atoms with Crippen LogP contribution in [0.25, 0.3) is 0 Å². The standard InChI is InChI=1S/C75H146O17P2/c1-7-11-13-15-17-19-21-23-24-25-26-27-28-30-32-41-47-53-59-74(79)91-70(64-86-73(78)58-52-46-40-35-33-37-43-49-55-67(5)9-3)65-89-93(81,82)87-61-69(76)62-88-94(83,84)90-66-71(92-75(80)60-54-48-42-36-34-38-44-50-56-68(6)10-4)63-85-72(77)57-51-45-39-31-29-22-20-18-16-14-12-8-2/h67-71,76H,7-66H2,1-6H3,(H,81,82)(H,83,84)/t67?,68?,69-,70-,71-/m1/s1. The van der Waals surface area contributed by atoms with E-state index < -0.39 is 97.5 Å². The summed E-state index contributed by atoms with van der Waals surface area (Å²) in [6, 6.07) is 0. The summed E-state index contributed by atoms with van der Waals surface area (Å²) in [5, 5.41) is 10.6. The molecule has 0 aliphatic rings. The lowest BCUT2D eigenvalue weighted by Gasteiger charge is -2.21. The Labute approximate surface area is 575 Å². The van der Waals surface area contributed by atoms with Crippen molar-refractivity contribution in [3.05, 3.63) is 0 Å². The lowest BCUT2D eigenvalue weighted by atomic mass is 9.99. The quantitative estimate of drug-likeness (QED) is 0.0222. The van der Waals surface area contributed by atoms with E-state index >= 15 is 0 Å². The van der Waals surface area contributed by atoms with Gasteiger partial charge in [0.15, 0.2) is 12.2 Å². The first kappa shape index (κ1) is 92.1. The molecule has 0 fully saturated rings. The summed E-state index contributed by atoms with van der Waals surface area (Å²) in [5.41, 5.74) is 0. The maximum atomic E-state index is 13.1. The average molecular weight is 1380 g/mol. The van der Waals surface area contributed by atoms with Crippen LogP contribution in [0.2, 0.25) is 0 Å². The molecule has 0 saturated carbocycles. The molecule has 558 valence electrons. The van der Waals surface area contributed by atoms with Gasteiger partial charge in [-0.1, -0.05) is 337 Å². The van der Waals surface area contributed by atoms with Gasteiger partial charge in [0.05, 0.1) is 26.4 Å². The van der Waals surface area contributed by atoms with Crippen molar-refractivity contribution in [3.8, 4) is 0 Å². The molecule has 0 spiro atoms. The number of ether oxygens (including phenoxy) is 4. The van der Waals surface area contributed by atoms with Crippen LogP contribution in [-0.2, 0) is 65.4 Å². The first-order chi connectivity index (χ1) is 45.4. The van der Waals surface area contributed by atoms with Crippen LogP contribution in [-0.4, -0.2) is 96.7 Å². The van der Waals surface area contributed by atoms with E-state index in [9.17, 15) is 43.2 Å². The SMILES string of the molecule is CCCCCCCCCCCCCCCCCCCCC(=O)O[C@H](COC(=O)CCCCCCCCCCC(C)CC)COP(=O)(O)OC[C@@H](O)COP(=O)(O)OC[C@@H](COC(=O)CCCCCCCCCCCCCC)OC(=O)CCCCCCCCCCC(C)CC. The van der Waals surface area contributed by atoms with Crippen molar-refractivity contribution in [2.45, 2.75) is 407 Å². The fourth-order valence-corrected chi connectivity index (χ4v) is 13.0. The zero-order chi connectivity index (χ0) is 69.3. The predicted octanol–water partition coefficient (Wildman–Crippen LogP) is 21.9. The molecule has 4 unspecified atom stereocenters. The molecule has 0 aromatic rings. The van der Waals surface area contributed by atoms with Crippen molar-refractivity contribution in [1.82, 2.24) is 0 Å². The Balaban J connectivity index is 5.25. The van der Waals surface area contributed by atoms with Gasteiger partial charge in [0.2, 0.25) is 0 Å². The van der Waals surface area contributed by atoms with Gasteiger partial charge in [0.1, 0.15) is 19.3 Å². The maximum Gasteiger partial charge on any atom is 0.472 e. The molecule has 17 nitrogen and oxygen atoms in total. The van der Waals surface area contributed by atoms with Crippen molar-refractivity contribution in [3.63, 3.8) is 0 Å². The second-order valence-corrected chi connectivity index (χ2v) is 30.4. The molecule has 0 aromatic heterocycles. The highest BCUT2D eigenvalue weighted by atomic mass is 31.2. The molecule has 0 aromatic carbocycles. The molecular formula is C75H146O17P2. The molecule has 0 heterocycles. The Hall–Kier alpha value is -1.94. The van der Waals surface area contributed by atoms with Crippen LogP contribution >= 0.6 is 15.6 Å². The number of carbonyl (C=O) groups is 4. The van der Waals surface area contributed by atoms with E-state index in [0.717, 1.165) is 102 Å². The number of aliphatic hydroxyl groups is 1. The van der Waals surface area contributed by atoms with Gasteiger partial charge in [0.25, 0.3) is 0 Å². The molecule has 0 rings (SSSR count). The van der Waals surface area contributed by atoms with Crippen LogP contribution < -0.4 is 0 Å². The highest BCUT2D eigenvalue weighted by Crippen LogP contribution is 2.45. The number of phosphoric ester groups is 2. The van der Waals surface area contributed by atoms with E-state index in [1.54, 1.807) is 0 Å². The number of phosphoric acid groups is 2. The minimum absolute atomic E-state index is 0.105. The molecule has 7 atom stereocenters. The van der Waals surface area contributed by atoms with Gasteiger partial charge in [-0.25, -0.2) is 9.13 Å². The molecule has 0 saturated heterocycles. The fourth-order valence-electron chi connectivity index (χ4n) is 11.4. The molecular weight excluding hydrogens is 1230 g/mol. The third kappa shape index (κ3) is 66.0. The number of rotatable bonds is 74. The van der Waals surface area contributed by atoms with Crippen molar-refractivity contribution in [2.75, 3.05) is 39.6 Å². The van der Waals surface area contributed by atoms with E-state index in [1.807, 2.05) is 0 Å². The Bertz CT molecular complexity index is 1820. The largest absolute Gasteiger partial charge is 0.472 e. The summed E-state index contributed by atoms with van der Waals surface area (Å²) in [5.74, 6) is -0.570. The first-order valence-electron chi connectivity index (χ1n) is 39.1. The molecule has 94 heavy (non-hydrogen) atoms. The molecule has 0 aliphatic carbocycles. The van der Waals surface area contributed by atoms with Crippen LogP contribution in [0.4, 0.5) is 0 Å². The van der Waals surface area contributed by atoms with Crippen LogP contribution in [0.5, 0.6) is 0 Å². The van der Waals surface area contributed by atoms with Gasteiger partial charge >= 0.3 is 39.5 Å². The third-order valence-corrected chi connectivity index (χ3v) is 20.1. The minimum Gasteiger partial charge on any atom is -0.462 e. The van der Waals surface area contributed by atoms with Crippen LogP contribution in [0.15, 0.2) is 0 Å². The Morgan fingerprint density at radius 3 is 0.755 bits per heavy atom. The topological polar surface area (TPSA) is 237 Å². The summed E-state index contributed by atoms with van der Waals surface area (Å²) in [6.07, 6.45) is 53.9. The summed E-state index contributed by atoms with van der Waals surface area (Å²) in [6.45, 7) is 9.59. The van der Waals surface area contributed by atoms with Gasteiger partial charge in [-0.3, -0.25) is 37.3 Å². The van der Waals surface area contributed by atoms with Crippen molar-refractivity contribution in [1.29, 1.82) is 0 Å². The smallest absolute Gasteiger partial charge is 0.462 e. The Morgan fingerprint density at radius 2 is 0.511 bits per heavy atom. The fraction of sp³-hybridized carbons (Fsp3) is 0.947. The zero-order valence-electron chi connectivity index (χ0n) is 61.3. The number of hydrogen-bond donors (Lipinski definition) is 3. The Morgan fingerprint density at radius 1 is 0.298 bits per heavy atom. The van der Waals surface area contributed by atoms with E-state index in [2.05, 4.69) is 41.5 Å². The summed E-state index contributed by atoms with van der Waals surface area (Å²) in [4.78, 5) is 72.8. The molecule has 0 bridgehead atoms. The monoisotopic (exact) mass is 1380 g/mol. The van der Waals surface area contributed by atoms with E-state index in [-0.39, 0.29) is 25.7 Å². The van der Waals surface area contributed by atoms with Crippen LogP contribution in [0, 0.1) is 11.8 Å². The summed E-state index contributed by atoms with van der Waals surface area (Å²) < 4.78 is 68.5. The van der Waals surface area contributed by atoms with Gasteiger partial charge in [-0.15, -0.1) is 0 Å². The van der Waals surface area contributed by atoms with Crippen LogP contribution in [0.3, 0.4) is 0 Å². The van der Waals surface area contributed by atoms with Crippen LogP contribution in [0.1, 0.15) is 388 Å². The minimum atomic E-state index is -4.96. The molecule has 3 N–H and O–H groups in total. The molecule has 0 aliphatic heterocycles. The predicted molar refractivity (Wildman–Crippen MR) is 381 cm³/mol. The van der Waals surface area contributed by atoms with Gasteiger partial charge < -0.3 is 33.8 Å². The number of unbranched alkanes of at least 4 members (excludes halogenated alkanes) is 42. The number of esters is 4. The maximum absolute atomic E-state index is 13.1. The van der Waals surface area contributed by atoms with Crippen molar-refractivity contribution < 1.29 is 80.2 Å². The van der Waals surface area contributed by atoms with E-state index in [4.69, 9.17) is 37.0 Å². The van der Waals surface area contributed by atoms with Gasteiger partial charge in [-0.2, -0.15) is 0 Å². The number of hydrogen-bond acceptors (Lipinski definition) is 15. The highest BCUT2D eigenvalue weighted by Gasteiger charge is 2.30. The second-order valence-electron chi connectivity index (χ2n) is 27.5. The number of aliphatic hydroxyl groups excluding tert-OH is 1. The lowest BCUT2D eigenvalue weighted by molar-refractivity contribution is -0.161. The summed E-state index contributed by atoms with van der Waals surface area (Å²) in [7, 11) is -9.91. The van der Waals surface area contributed by atoms with E-state index in [0.29, 0.717) is 25.7 Å². The normalized spacial score (nSPS) is 14.6. The number of carbonyl (C=O) groups excluding carboxylic acids is 4. The first-order valence-corrected chi connectivity index (χ1v) is 42.1. The van der Waals surface area contributed by atoms with Gasteiger partial charge in [-0.05, 0) is 37.5 Å². The highest BCUT2D eigenvalue weighted by molar-refractivity contribution is 7.47. The molecule has 0 radical (unpaired) electrons. The molecule has 19 heteroatoms. The zero-order valence-corrected chi connectivity index (χ0v) is 63.1. The summed E-state index contributed by atoms with van der Waals surface area (Å²) >= 11 is 0. The molecule has 0 amide bonds. The van der Waals surface area contributed by atoms with Crippen molar-refractivity contribution >= 4 is 39.5 Å². The average Bonchev–Trinajstić information content (AvgIpc) is 1.65. The lowest BCUT2D eigenvalue weighted by Crippen LogP contribution is -2.30. The van der Waals surface area contributed by atoms with Crippen molar-refractivity contribution in [2.24, 2.45) is 11.8 Å². The van der Waals surface area contributed by atoms with Gasteiger partial charge in [0, 0.05) is 25.7 Å².